The van der Waals surface area contributed by atoms with E-state index in [9.17, 15) is 5.11 Å². The fourth-order valence-electron chi connectivity index (χ4n) is 2.27. The first-order chi connectivity index (χ1) is 8.72. The molecule has 1 aromatic heterocycles. The van der Waals surface area contributed by atoms with Crippen molar-refractivity contribution in [1.29, 1.82) is 0 Å². The molecule has 1 atom stereocenters. The van der Waals surface area contributed by atoms with E-state index in [4.69, 9.17) is 0 Å². The number of thiophene rings is 1. The summed E-state index contributed by atoms with van der Waals surface area (Å²) >= 11 is 1.73. The van der Waals surface area contributed by atoms with Crippen molar-refractivity contribution < 1.29 is 5.11 Å². The zero-order valence-corrected chi connectivity index (χ0v) is 11.6. The summed E-state index contributed by atoms with van der Waals surface area (Å²) in [4.78, 5) is 1.29. The predicted octanol–water partition coefficient (Wildman–Crippen LogP) is 3.19. The molecule has 2 N–H and O–H groups in total. The summed E-state index contributed by atoms with van der Waals surface area (Å²) in [6, 6.07) is 10.4. The topological polar surface area (TPSA) is 32.3 Å². The summed E-state index contributed by atoms with van der Waals surface area (Å²) in [6.45, 7) is 5.11. The van der Waals surface area contributed by atoms with Crippen molar-refractivity contribution in [3.05, 3.63) is 57.3 Å². The van der Waals surface area contributed by atoms with Crippen LogP contribution in [0.15, 0.2) is 35.7 Å². The lowest BCUT2D eigenvalue weighted by Crippen LogP contribution is -2.25. The van der Waals surface area contributed by atoms with Crippen molar-refractivity contribution in [2.24, 2.45) is 0 Å². The average Bonchev–Trinajstić information content (AvgIpc) is 2.86. The minimum atomic E-state index is 0.00769. The molecular formula is C15H19NOS. The van der Waals surface area contributed by atoms with Crippen LogP contribution in [0, 0.1) is 13.8 Å². The van der Waals surface area contributed by atoms with Crippen LogP contribution >= 0.6 is 11.3 Å². The lowest BCUT2D eigenvalue weighted by Gasteiger charge is -2.20. The van der Waals surface area contributed by atoms with E-state index in [2.05, 4.69) is 54.9 Å². The highest BCUT2D eigenvalue weighted by atomic mass is 32.1. The SMILES string of the molecule is Cc1cccc(C)c1C(CO)NCc1cccs1. The molecule has 0 radical (unpaired) electrons. The molecule has 1 aromatic carbocycles. The number of aliphatic hydroxyl groups excluding tert-OH is 1. The van der Waals surface area contributed by atoms with Crippen LogP contribution in [0.5, 0.6) is 0 Å². The fourth-order valence-corrected chi connectivity index (χ4v) is 2.93. The summed E-state index contributed by atoms with van der Waals surface area (Å²) in [5.41, 5.74) is 3.68. The highest BCUT2D eigenvalue weighted by Gasteiger charge is 2.14. The van der Waals surface area contributed by atoms with Crippen LogP contribution in [0.1, 0.15) is 27.6 Å². The summed E-state index contributed by atoms with van der Waals surface area (Å²) in [7, 11) is 0. The number of aliphatic hydroxyl groups is 1. The minimum absolute atomic E-state index is 0.00769. The molecule has 0 amide bonds. The van der Waals surface area contributed by atoms with Gasteiger partial charge in [0, 0.05) is 11.4 Å². The predicted molar refractivity (Wildman–Crippen MR) is 76.9 cm³/mol. The van der Waals surface area contributed by atoms with Gasteiger partial charge in [-0.15, -0.1) is 11.3 Å². The zero-order valence-electron chi connectivity index (χ0n) is 10.8. The maximum atomic E-state index is 9.60. The van der Waals surface area contributed by atoms with Crippen LogP contribution in [0.2, 0.25) is 0 Å². The molecule has 18 heavy (non-hydrogen) atoms. The first-order valence-corrected chi connectivity index (χ1v) is 7.03. The van der Waals surface area contributed by atoms with Crippen molar-refractivity contribution in [3.8, 4) is 0 Å². The third kappa shape index (κ3) is 2.99. The molecule has 0 saturated carbocycles. The van der Waals surface area contributed by atoms with Crippen molar-refractivity contribution in [3.63, 3.8) is 0 Å². The van der Waals surface area contributed by atoms with Gasteiger partial charge in [0.1, 0.15) is 0 Å². The lowest BCUT2D eigenvalue weighted by molar-refractivity contribution is 0.243. The Balaban J connectivity index is 2.13. The Kier molecular flexibility index (Phi) is 4.53. The molecular weight excluding hydrogens is 242 g/mol. The van der Waals surface area contributed by atoms with E-state index in [1.165, 1.54) is 21.6 Å². The van der Waals surface area contributed by atoms with Gasteiger partial charge in [0.2, 0.25) is 0 Å². The molecule has 1 heterocycles. The third-order valence-electron chi connectivity index (χ3n) is 3.18. The summed E-state index contributed by atoms with van der Waals surface area (Å²) in [5, 5.41) is 15.1. The van der Waals surface area contributed by atoms with Crippen LogP contribution in [0.3, 0.4) is 0 Å². The number of hydrogen-bond acceptors (Lipinski definition) is 3. The quantitative estimate of drug-likeness (QED) is 0.866. The summed E-state index contributed by atoms with van der Waals surface area (Å²) < 4.78 is 0. The lowest BCUT2D eigenvalue weighted by atomic mass is 9.96. The van der Waals surface area contributed by atoms with Crippen molar-refractivity contribution in [2.75, 3.05) is 6.61 Å². The number of benzene rings is 1. The van der Waals surface area contributed by atoms with E-state index >= 15 is 0 Å². The number of nitrogens with one attached hydrogen (secondary N) is 1. The zero-order chi connectivity index (χ0) is 13.0. The Bertz CT molecular complexity index is 473. The van der Waals surface area contributed by atoms with Crippen LogP contribution in [-0.2, 0) is 6.54 Å². The smallest absolute Gasteiger partial charge is 0.0626 e. The fraction of sp³-hybridized carbons (Fsp3) is 0.333. The van der Waals surface area contributed by atoms with Gasteiger partial charge in [0.25, 0.3) is 0 Å². The van der Waals surface area contributed by atoms with Crippen LogP contribution in [0.25, 0.3) is 0 Å². The number of hydrogen-bond donors (Lipinski definition) is 2. The third-order valence-corrected chi connectivity index (χ3v) is 4.05. The van der Waals surface area contributed by atoms with E-state index in [1.807, 2.05) is 0 Å². The molecule has 0 aliphatic rings. The average molecular weight is 261 g/mol. The van der Waals surface area contributed by atoms with Crippen LogP contribution in [0.4, 0.5) is 0 Å². The normalized spacial score (nSPS) is 12.6. The Morgan fingerprint density at radius 2 is 1.89 bits per heavy atom. The molecule has 2 nitrogen and oxygen atoms in total. The Hall–Kier alpha value is -1.16. The van der Waals surface area contributed by atoms with E-state index in [1.54, 1.807) is 11.3 Å². The molecule has 0 aliphatic carbocycles. The van der Waals surface area contributed by atoms with Crippen molar-refractivity contribution in [2.45, 2.75) is 26.4 Å². The van der Waals surface area contributed by atoms with Crippen molar-refractivity contribution >= 4 is 11.3 Å². The molecule has 0 saturated heterocycles. The van der Waals surface area contributed by atoms with Gasteiger partial charge in [-0.25, -0.2) is 0 Å². The van der Waals surface area contributed by atoms with Gasteiger partial charge >= 0.3 is 0 Å². The van der Waals surface area contributed by atoms with Gasteiger partial charge < -0.3 is 10.4 Å². The summed E-state index contributed by atoms with van der Waals surface area (Å²) in [6.07, 6.45) is 0. The molecule has 0 bridgehead atoms. The monoisotopic (exact) mass is 261 g/mol. The van der Waals surface area contributed by atoms with Crippen LogP contribution < -0.4 is 5.32 Å². The van der Waals surface area contributed by atoms with E-state index < -0.39 is 0 Å². The first-order valence-electron chi connectivity index (χ1n) is 6.15. The maximum absolute atomic E-state index is 9.60. The van der Waals surface area contributed by atoms with Gasteiger partial charge in [-0.1, -0.05) is 24.3 Å². The largest absolute Gasteiger partial charge is 0.394 e. The molecule has 96 valence electrons. The van der Waals surface area contributed by atoms with Gasteiger partial charge in [-0.2, -0.15) is 0 Å². The Morgan fingerprint density at radius 3 is 2.44 bits per heavy atom. The molecule has 0 spiro atoms. The first kappa shape index (κ1) is 13.3. The van der Waals surface area contributed by atoms with E-state index in [-0.39, 0.29) is 12.6 Å². The Labute approximate surface area is 112 Å². The van der Waals surface area contributed by atoms with E-state index in [0.29, 0.717) is 0 Å². The van der Waals surface area contributed by atoms with Gasteiger partial charge in [-0.3, -0.25) is 0 Å². The highest BCUT2D eigenvalue weighted by Crippen LogP contribution is 2.22. The standard InChI is InChI=1S/C15H19NOS/c1-11-5-3-6-12(2)15(11)14(10-17)16-9-13-7-4-8-18-13/h3-8,14,16-17H,9-10H2,1-2H3. The molecule has 2 rings (SSSR count). The second kappa shape index (κ2) is 6.14. The van der Waals surface area contributed by atoms with E-state index in [0.717, 1.165) is 6.54 Å². The second-order valence-electron chi connectivity index (χ2n) is 4.50. The maximum Gasteiger partial charge on any atom is 0.0626 e. The molecule has 1 unspecified atom stereocenters. The molecule has 3 heteroatoms. The highest BCUT2D eigenvalue weighted by molar-refractivity contribution is 7.09. The second-order valence-corrected chi connectivity index (χ2v) is 5.53. The van der Waals surface area contributed by atoms with Crippen molar-refractivity contribution in [1.82, 2.24) is 5.32 Å². The van der Waals surface area contributed by atoms with Crippen LogP contribution in [-0.4, -0.2) is 11.7 Å². The minimum Gasteiger partial charge on any atom is -0.394 e. The van der Waals surface area contributed by atoms with Gasteiger partial charge in [0.05, 0.1) is 12.6 Å². The summed E-state index contributed by atoms with van der Waals surface area (Å²) in [5.74, 6) is 0. The number of rotatable bonds is 5. The van der Waals surface area contributed by atoms with Gasteiger partial charge in [-0.05, 0) is 42.0 Å². The molecule has 0 fully saturated rings. The molecule has 0 aliphatic heterocycles. The Morgan fingerprint density at radius 1 is 1.17 bits per heavy atom. The number of aryl methyl sites for hydroxylation is 2. The molecule has 2 aromatic rings. The van der Waals surface area contributed by atoms with Gasteiger partial charge in [0.15, 0.2) is 0 Å².